The fourth-order valence-corrected chi connectivity index (χ4v) is 2.48. The summed E-state index contributed by atoms with van der Waals surface area (Å²) < 4.78 is 11.4. The molecule has 0 bridgehead atoms. The van der Waals surface area contributed by atoms with Crippen LogP contribution in [0.1, 0.15) is 36.8 Å². The number of rotatable bonds is 8. The summed E-state index contributed by atoms with van der Waals surface area (Å²) >= 11 is 6.29. The lowest BCUT2D eigenvalue weighted by Gasteiger charge is -2.02. The molecule has 0 saturated carbocycles. The number of aryl methyl sites for hydroxylation is 3. The van der Waals surface area contributed by atoms with Crippen LogP contribution in [0.25, 0.3) is 6.08 Å². The van der Waals surface area contributed by atoms with Crippen molar-refractivity contribution in [1.82, 2.24) is 14.9 Å². The Hall–Kier alpha value is -2.61. The van der Waals surface area contributed by atoms with Crippen molar-refractivity contribution in [3.8, 4) is 0 Å². The van der Waals surface area contributed by atoms with Gasteiger partial charge in [-0.15, -0.1) is 0 Å². The van der Waals surface area contributed by atoms with E-state index < -0.39 is 18.5 Å². The molecule has 1 amide bonds. The van der Waals surface area contributed by atoms with Crippen LogP contribution in [0.15, 0.2) is 16.7 Å². The molecule has 26 heavy (non-hydrogen) atoms. The van der Waals surface area contributed by atoms with Crippen molar-refractivity contribution in [3.05, 3.63) is 34.3 Å². The van der Waals surface area contributed by atoms with Crippen LogP contribution in [0.2, 0.25) is 5.15 Å². The standard InChI is InChI=1S/C17H21ClN4O4/c1-4-5-8-22-17(18)13(12(3)20-22)6-7-16(24)25-10-15(23)19-14-9-11(2)26-21-14/h6-7,9H,4-5,8,10H2,1-3H3,(H,19,21,23)/b7-6+. The summed E-state index contributed by atoms with van der Waals surface area (Å²) in [5.41, 5.74) is 1.37. The van der Waals surface area contributed by atoms with E-state index in [1.807, 2.05) is 6.92 Å². The number of nitrogens with one attached hydrogen (secondary N) is 1. The lowest BCUT2D eigenvalue weighted by Crippen LogP contribution is -2.20. The minimum Gasteiger partial charge on any atom is -0.452 e. The van der Waals surface area contributed by atoms with E-state index in [-0.39, 0.29) is 5.82 Å². The van der Waals surface area contributed by atoms with Crippen LogP contribution >= 0.6 is 11.6 Å². The topological polar surface area (TPSA) is 99.2 Å². The molecule has 0 unspecified atom stereocenters. The SMILES string of the molecule is CCCCn1nc(C)c(/C=C/C(=O)OCC(=O)Nc2cc(C)on2)c1Cl. The Labute approximate surface area is 156 Å². The van der Waals surface area contributed by atoms with Crippen LogP contribution in [0.5, 0.6) is 0 Å². The summed E-state index contributed by atoms with van der Waals surface area (Å²) in [5, 5.41) is 10.9. The number of carbonyl (C=O) groups is 2. The Bertz CT molecular complexity index is 810. The zero-order valence-electron chi connectivity index (χ0n) is 14.9. The van der Waals surface area contributed by atoms with Gasteiger partial charge in [-0.25, -0.2) is 4.79 Å². The number of amides is 1. The van der Waals surface area contributed by atoms with Gasteiger partial charge in [-0.2, -0.15) is 5.10 Å². The predicted octanol–water partition coefficient (Wildman–Crippen LogP) is 3.14. The second kappa shape index (κ2) is 9.19. The number of aromatic nitrogens is 3. The van der Waals surface area contributed by atoms with Crippen LogP contribution in [0, 0.1) is 13.8 Å². The average molecular weight is 381 g/mol. The summed E-state index contributed by atoms with van der Waals surface area (Å²) in [5.74, 6) is -0.345. The smallest absolute Gasteiger partial charge is 0.331 e. The number of hydrogen-bond acceptors (Lipinski definition) is 6. The maximum atomic E-state index is 11.8. The maximum Gasteiger partial charge on any atom is 0.331 e. The van der Waals surface area contributed by atoms with Gasteiger partial charge >= 0.3 is 5.97 Å². The number of carbonyl (C=O) groups excluding carboxylic acids is 2. The number of esters is 1. The Morgan fingerprint density at radius 2 is 2.19 bits per heavy atom. The van der Waals surface area contributed by atoms with Crippen molar-refractivity contribution >= 4 is 35.4 Å². The Morgan fingerprint density at radius 3 is 2.85 bits per heavy atom. The van der Waals surface area contributed by atoms with Crippen LogP contribution < -0.4 is 5.32 Å². The summed E-state index contributed by atoms with van der Waals surface area (Å²) in [4.78, 5) is 23.5. The fourth-order valence-electron chi connectivity index (χ4n) is 2.15. The van der Waals surface area contributed by atoms with Gasteiger partial charge < -0.3 is 14.6 Å². The molecule has 0 saturated heterocycles. The number of nitrogens with zero attached hydrogens (tertiary/aromatic N) is 3. The molecule has 0 aliphatic carbocycles. The highest BCUT2D eigenvalue weighted by Crippen LogP contribution is 2.21. The van der Waals surface area contributed by atoms with Crippen molar-refractivity contribution in [2.75, 3.05) is 11.9 Å². The molecule has 0 spiro atoms. The highest BCUT2D eigenvalue weighted by Gasteiger charge is 2.12. The minimum atomic E-state index is -0.659. The van der Waals surface area contributed by atoms with Gasteiger partial charge in [0.1, 0.15) is 10.9 Å². The maximum absolute atomic E-state index is 11.8. The molecule has 8 nitrogen and oxygen atoms in total. The number of hydrogen-bond donors (Lipinski definition) is 1. The zero-order chi connectivity index (χ0) is 19.1. The van der Waals surface area contributed by atoms with Crippen molar-refractivity contribution in [2.24, 2.45) is 0 Å². The first-order valence-electron chi connectivity index (χ1n) is 8.21. The van der Waals surface area contributed by atoms with Crippen LogP contribution in [0.3, 0.4) is 0 Å². The van der Waals surface area contributed by atoms with Crippen LogP contribution in [0.4, 0.5) is 5.82 Å². The first-order valence-corrected chi connectivity index (χ1v) is 8.59. The minimum absolute atomic E-state index is 0.265. The van der Waals surface area contributed by atoms with Gasteiger partial charge in [0.2, 0.25) is 0 Å². The van der Waals surface area contributed by atoms with E-state index in [1.54, 1.807) is 17.7 Å². The van der Waals surface area contributed by atoms with Crippen molar-refractivity contribution in [2.45, 2.75) is 40.2 Å². The number of unbranched alkanes of at least 4 members (excludes halogenated alkanes) is 1. The van der Waals surface area contributed by atoms with Gasteiger partial charge in [-0.1, -0.05) is 30.1 Å². The van der Waals surface area contributed by atoms with Crippen LogP contribution in [-0.4, -0.2) is 33.4 Å². The van der Waals surface area contributed by atoms with Crippen molar-refractivity contribution < 1.29 is 18.8 Å². The zero-order valence-corrected chi connectivity index (χ0v) is 15.7. The highest BCUT2D eigenvalue weighted by atomic mass is 35.5. The summed E-state index contributed by atoms with van der Waals surface area (Å²) in [7, 11) is 0. The molecular formula is C17H21ClN4O4. The second-order valence-corrected chi connectivity index (χ2v) is 6.04. The van der Waals surface area contributed by atoms with E-state index in [0.717, 1.165) is 19.4 Å². The summed E-state index contributed by atoms with van der Waals surface area (Å²) in [6.07, 6.45) is 4.75. The lowest BCUT2D eigenvalue weighted by molar-refractivity contribution is -0.142. The van der Waals surface area contributed by atoms with E-state index in [0.29, 0.717) is 22.2 Å². The molecule has 0 aromatic carbocycles. The molecule has 0 aliphatic rings. The molecule has 0 radical (unpaired) electrons. The van der Waals surface area contributed by atoms with E-state index in [2.05, 4.69) is 22.5 Å². The van der Waals surface area contributed by atoms with E-state index in [9.17, 15) is 9.59 Å². The third-order valence-corrected chi connectivity index (χ3v) is 3.86. The first kappa shape index (κ1) is 19.7. The number of halogens is 1. The monoisotopic (exact) mass is 380 g/mol. The Balaban J connectivity index is 1.87. The van der Waals surface area contributed by atoms with Gasteiger partial charge in [-0.05, 0) is 26.3 Å². The molecule has 9 heteroatoms. The van der Waals surface area contributed by atoms with E-state index >= 15 is 0 Å². The highest BCUT2D eigenvalue weighted by molar-refractivity contribution is 6.31. The molecule has 2 aromatic rings. The van der Waals surface area contributed by atoms with Gasteiger partial charge in [-0.3, -0.25) is 9.48 Å². The molecule has 2 rings (SSSR count). The van der Waals surface area contributed by atoms with Gasteiger partial charge in [0, 0.05) is 24.3 Å². The van der Waals surface area contributed by atoms with Crippen molar-refractivity contribution in [1.29, 1.82) is 0 Å². The third kappa shape index (κ3) is 5.45. The van der Waals surface area contributed by atoms with E-state index in [4.69, 9.17) is 20.9 Å². The number of anilines is 1. The fraction of sp³-hybridized carbons (Fsp3) is 0.412. The molecule has 140 valence electrons. The summed E-state index contributed by atoms with van der Waals surface area (Å²) in [6.45, 7) is 5.88. The molecule has 2 heterocycles. The summed E-state index contributed by atoms with van der Waals surface area (Å²) in [6, 6.07) is 1.56. The van der Waals surface area contributed by atoms with E-state index in [1.165, 1.54) is 12.2 Å². The Morgan fingerprint density at radius 1 is 1.42 bits per heavy atom. The molecule has 2 aromatic heterocycles. The molecule has 1 N–H and O–H groups in total. The largest absolute Gasteiger partial charge is 0.452 e. The lowest BCUT2D eigenvalue weighted by atomic mass is 10.2. The van der Waals surface area contributed by atoms with Crippen LogP contribution in [-0.2, 0) is 20.9 Å². The van der Waals surface area contributed by atoms with Gasteiger partial charge in [0.05, 0.1) is 5.69 Å². The third-order valence-electron chi connectivity index (χ3n) is 3.46. The average Bonchev–Trinajstić information content (AvgIpc) is 3.12. The predicted molar refractivity (Wildman–Crippen MR) is 96.7 cm³/mol. The molecule has 0 atom stereocenters. The molecule has 0 fully saturated rings. The first-order chi connectivity index (χ1) is 12.4. The molecular weight excluding hydrogens is 360 g/mol. The Kier molecular flexibility index (Phi) is 6.97. The van der Waals surface area contributed by atoms with Crippen molar-refractivity contribution in [3.63, 3.8) is 0 Å². The number of ether oxygens (including phenoxy) is 1. The molecule has 0 aliphatic heterocycles. The van der Waals surface area contributed by atoms with Gasteiger partial charge in [0.25, 0.3) is 5.91 Å². The van der Waals surface area contributed by atoms with Gasteiger partial charge in [0.15, 0.2) is 12.4 Å². The normalized spacial score (nSPS) is 11.1. The second-order valence-electron chi connectivity index (χ2n) is 5.68. The quantitative estimate of drug-likeness (QED) is 0.558.